The summed E-state index contributed by atoms with van der Waals surface area (Å²) in [5, 5.41) is 4.95. The maximum absolute atomic E-state index is 12.1. The molecule has 1 aliphatic heterocycles. The summed E-state index contributed by atoms with van der Waals surface area (Å²) in [5.41, 5.74) is -0.346. The largest absolute Gasteiger partial charge is 0.325 e. The van der Waals surface area contributed by atoms with Gasteiger partial charge in [-0.3, -0.25) is 14.9 Å². The number of nitrogens with one attached hydrogen (secondary N) is 2. The van der Waals surface area contributed by atoms with E-state index in [0.717, 1.165) is 4.47 Å². The second-order valence-electron chi connectivity index (χ2n) is 5.03. The quantitative estimate of drug-likeness (QED) is 0.813. The van der Waals surface area contributed by atoms with E-state index in [1.807, 2.05) is 0 Å². The first-order chi connectivity index (χ1) is 9.86. The summed E-state index contributed by atoms with van der Waals surface area (Å²) in [6, 6.07) is 6.57. The molecule has 0 aromatic heterocycles. The van der Waals surface area contributed by atoms with Gasteiger partial charge in [-0.2, -0.15) is 0 Å². The zero-order valence-corrected chi connectivity index (χ0v) is 13.4. The molecule has 4 amide bonds. The van der Waals surface area contributed by atoms with Gasteiger partial charge in [0.15, 0.2) is 0 Å². The van der Waals surface area contributed by atoms with Gasteiger partial charge < -0.3 is 10.2 Å². The average molecular weight is 354 g/mol. The minimum absolute atomic E-state index is 0.169. The Balaban J connectivity index is 2.06. The Morgan fingerprint density at radius 2 is 1.95 bits per heavy atom. The number of urea groups is 1. The number of hydrogen-bond acceptors (Lipinski definition) is 3. The zero-order valence-electron chi connectivity index (χ0n) is 11.8. The summed E-state index contributed by atoms with van der Waals surface area (Å²) < 4.78 is 0.906. The van der Waals surface area contributed by atoms with Crippen LogP contribution in [-0.4, -0.2) is 34.8 Å². The fourth-order valence-corrected chi connectivity index (χ4v) is 2.39. The third kappa shape index (κ3) is 3.07. The van der Waals surface area contributed by atoms with E-state index in [9.17, 15) is 14.4 Å². The lowest BCUT2D eigenvalue weighted by molar-refractivity contribution is -0.127. The lowest BCUT2D eigenvalue weighted by Gasteiger charge is -2.30. The van der Waals surface area contributed by atoms with Crippen molar-refractivity contribution in [1.29, 1.82) is 0 Å². The van der Waals surface area contributed by atoms with Crippen LogP contribution in [0.1, 0.15) is 20.3 Å². The molecule has 6 nitrogen and oxygen atoms in total. The van der Waals surface area contributed by atoms with Crippen LogP contribution in [0, 0.1) is 0 Å². The fourth-order valence-electron chi connectivity index (χ4n) is 2.12. The van der Waals surface area contributed by atoms with Crippen LogP contribution < -0.4 is 10.6 Å². The first-order valence-electron chi connectivity index (χ1n) is 6.55. The number of carbonyl (C=O) groups excluding carboxylic acids is 3. The third-order valence-corrected chi connectivity index (χ3v) is 4.20. The standard InChI is InChI=1S/C14H16BrN3O3/c1-3-14(2)12(20)17-13(21)18(14)8-11(19)16-10-6-4-9(15)5-7-10/h4-7H,3,8H2,1-2H3,(H,16,19)(H,17,20,21). The van der Waals surface area contributed by atoms with Crippen LogP contribution in [0.3, 0.4) is 0 Å². The molecule has 0 bridgehead atoms. The Labute approximate surface area is 131 Å². The highest BCUT2D eigenvalue weighted by molar-refractivity contribution is 9.10. The molecule has 21 heavy (non-hydrogen) atoms. The van der Waals surface area contributed by atoms with E-state index in [1.54, 1.807) is 38.1 Å². The summed E-state index contributed by atoms with van der Waals surface area (Å²) in [6.07, 6.45) is 0.441. The number of benzene rings is 1. The van der Waals surface area contributed by atoms with Crippen molar-refractivity contribution < 1.29 is 14.4 Å². The number of carbonyl (C=O) groups is 3. The normalized spacial score (nSPS) is 21.4. The van der Waals surface area contributed by atoms with E-state index >= 15 is 0 Å². The van der Waals surface area contributed by atoms with Gasteiger partial charge in [-0.25, -0.2) is 4.79 Å². The van der Waals surface area contributed by atoms with Gasteiger partial charge in [-0.05, 0) is 37.6 Å². The highest BCUT2D eigenvalue weighted by Gasteiger charge is 2.48. The molecule has 0 radical (unpaired) electrons. The van der Waals surface area contributed by atoms with Gasteiger partial charge in [0.25, 0.3) is 5.91 Å². The Bertz CT molecular complexity index is 588. The SMILES string of the molecule is CCC1(C)C(=O)NC(=O)N1CC(=O)Nc1ccc(Br)cc1. The molecule has 112 valence electrons. The van der Waals surface area contributed by atoms with Crippen molar-refractivity contribution in [2.45, 2.75) is 25.8 Å². The monoisotopic (exact) mass is 353 g/mol. The van der Waals surface area contributed by atoms with Crippen LogP contribution in [-0.2, 0) is 9.59 Å². The van der Waals surface area contributed by atoms with Gasteiger partial charge in [0, 0.05) is 10.2 Å². The molecule has 1 unspecified atom stereocenters. The number of rotatable bonds is 4. The topological polar surface area (TPSA) is 78.5 Å². The van der Waals surface area contributed by atoms with E-state index in [2.05, 4.69) is 26.6 Å². The maximum atomic E-state index is 12.1. The molecule has 7 heteroatoms. The minimum Gasteiger partial charge on any atom is -0.325 e. The van der Waals surface area contributed by atoms with Crippen molar-refractivity contribution in [3.05, 3.63) is 28.7 Å². The van der Waals surface area contributed by atoms with E-state index in [-0.39, 0.29) is 18.4 Å². The number of nitrogens with zero attached hydrogens (tertiary/aromatic N) is 1. The van der Waals surface area contributed by atoms with Gasteiger partial charge in [0.1, 0.15) is 12.1 Å². The van der Waals surface area contributed by atoms with Gasteiger partial charge in [-0.15, -0.1) is 0 Å². The van der Waals surface area contributed by atoms with Crippen LogP contribution in [0.2, 0.25) is 0 Å². The molecule has 0 saturated carbocycles. The molecular weight excluding hydrogens is 338 g/mol. The smallest absolute Gasteiger partial charge is 0.325 e. The molecule has 1 atom stereocenters. The molecule has 1 heterocycles. The van der Waals surface area contributed by atoms with E-state index in [1.165, 1.54) is 4.90 Å². The van der Waals surface area contributed by atoms with Crippen molar-refractivity contribution in [3.8, 4) is 0 Å². The molecule has 0 aliphatic carbocycles. The van der Waals surface area contributed by atoms with Crippen LogP contribution in [0.25, 0.3) is 0 Å². The molecule has 1 aromatic rings. The molecule has 2 N–H and O–H groups in total. The average Bonchev–Trinajstić information content (AvgIpc) is 2.65. The first-order valence-corrected chi connectivity index (χ1v) is 7.34. The molecule has 1 fully saturated rings. The van der Waals surface area contributed by atoms with Gasteiger partial charge >= 0.3 is 6.03 Å². The molecule has 1 saturated heterocycles. The Kier molecular flexibility index (Phi) is 4.32. The lowest BCUT2D eigenvalue weighted by Crippen LogP contribution is -2.49. The summed E-state index contributed by atoms with van der Waals surface area (Å²) in [7, 11) is 0. The predicted molar refractivity (Wildman–Crippen MR) is 81.7 cm³/mol. The second-order valence-corrected chi connectivity index (χ2v) is 5.94. The summed E-state index contributed by atoms with van der Waals surface area (Å²) in [6.45, 7) is 3.29. The van der Waals surface area contributed by atoms with E-state index in [4.69, 9.17) is 0 Å². The molecule has 2 rings (SSSR count). The highest BCUT2D eigenvalue weighted by Crippen LogP contribution is 2.25. The van der Waals surface area contributed by atoms with Gasteiger partial charge in [-0.1, -0.05) is 22.9 Å². The number of halogens is 1. The minimum atomic E-state index is -0.978. The van der Waals surface area contributed by atoms with Crippen molar-refractivity contribution >= 4 is 39.5 Å². The molecular formula is C14H16BrN3O3. The molecule has 1 aliphatic rings. The number of amides is 4. The molecule has 1 aromatic carbocycles. The maximum Gasteiger partial charge on any atom is 0.325 e. The van der Waals surface area contributed by atoms with Crippen molar-refractivity contribution in [1.82, 2.24) is 10.2 Å². The Hall–Kier alpha value is -1.89. The van der Waals surface area contributed by atoms with Gasteiger partial charge in [0.05, 0.1) is 0 Å². The summed E-state index contributed by atoms with van der Waals surface area (Å²) >= 11 is 3.31. The zero-order chi connectivity index (χ0) is 15.6. The Morgan fingerprint density at radius 1 is 1.33 bits per heavy atom. The fraction of sp³-hybridized carbons (Fsp3) is 0.357. The van der Waals surface area contributed by atoms with Gasteiger partial charge in [0.2, 0.25) is 5.91 Å². The Morgan fingerprint density at radius 3 is 2.52 bits per heavy atom. The number of anilines is 1. The van der Waals surface area contributed by atoms with E-state index < -0.39 is 11.6 Å². The molecule has 0 spiro atoms. The van der Waals surface area contributed by atoms with Crippen molar-refractivity contribution in [3.63, 3.8) is 0 Å². The van der Waals surface area contributed by atoms with Crippen LogP contribution in [0.5, 0.6) is 0 Å². The number of imide groups is 1. The lowest BCUT2D eigenvalue weighted by atomic mass is 9.97. The highest BCUT2D eigenvalue weighted by atomic mass is 79.9. The predicted octanol–water partition coefficient (Wildman–Crippen LogP) is 2.11. The van der Waals surface area contributed by atoms with Crippen LogP contribution in [0.4, 0.5) is 10.5 Å². The summed E-state index contributed by atoms with van der Waals surface area (Å²) in [4.78, 5) is 36.9. The second kappa shape index (κ2) is 5.85. The number of hydrogen-bond donors (Lipinski definition) is 2. The van der Waals surface area contributed by atoms with Crippen molar-refractivity contribution in [2.24, 2.45) is 0 Å². The van der Waals surface area contributed by atoms with Crippen LogP contribution >= 0.6 is 15.9 Å². The van der Waals surface area contributed by atoms with Crippen molar-refractivity contribution in [2.75, 3.05) is 11.9 Å². The first kappa shape index (κ1) is 15.5. The van der Waals surface area contributed by atoms with E-state index in [0.29, 0.717) is 12.1 Å². The third-order valence-electron chi connectivity index (χ3n) is 3.67. The summed E-state index contributed by atoms with van der Waals surface area (Å²) in [5.74, 6) is -0.715. The van der Waals surface area contributed by atoms with Crippen LogP contribution in [0.15, 0.2) is 28.7 Å².